The van der Waals surface area contributed by atoms with E-state index in [0.717, 1.165) is 22.6 Å². The zero-order valence-electron chi connectivity index (χ0n) is 15.6. The van der Waals surface area contributed by atoms with Gasteiger partial charge in [0, 0.05) is 17.8 Å². The third kappa shape index (κ3) is 3.64. The summed E-state index contributed by atoms with van der Waals surface area (Å²) in [7, 11) is 0. The van der Waals surface area contributed by atoms with Gasteiger partial charge in [0.1, 0.15) is 6.10 Å². The Morgan fingerprint density at radius 1 is 1.07 bits per heavy atom. The quantitative estimate of drug-likeness (QED) is 0.715. The molecule has 0 N–H and O–H groups in total. The number of rotatable bonds is 3. The topological polar surface area (TPSA) is 47.4 Å². The fourth-order valence-corrected chi connectivity index (χ4v) is 3.55. The van der Waals surface area contributed by atoms with Crippen LogP contribution in [0.2, 0.25) is 0 Å². The lowest BCUT2D eigenvalue weighted by atomic mass is 10.1. The Kier molecular flexibility index (Phi) is 4.77. The molecule has 0 aliphatic carbocycles. The van der Waals surface area contributed by atoms with Crippen molar-refractivity contribution in [1.29, 1.82) is 0 Å². The van der Waals surface area contributed by atoms with Gasteiger partial charge in [-0.3, -0.25) is 4.79 Å². The van der Waals surface area contributed by atoms with Gasteiger partial charge in [-0.15, -0.1) is 0 Å². The number of hydrogen-bond acceptors (Lipinski definition) is 3. The predicted molar refractivity (Wildman–Crippen MR) is 104 cm³/mol. The van der Waals surface area contributed by atoms with Gasteiger partial charge in [-0.1, -0.05) is 36.4 Å². The molecule has 0 spiro atoms. The highest BCUT2D eigenvalue weighted by Crippen LogP contribution is 2.23. The van der Waals surface area contributed by atoms with Crippen LogP contribution in [0.15, 0.2) is 60.7 Å². The van der Waals surface area contributed by atoms with Crippen molar-refractivity contribution in [3.05, 3.63) is 83.2 Å². The van der Waals surface area contributed by atoms with Crippen molar-refractivity contribution in [2.24, 2.45) is 0 Å². The van der Waals surface area contributed by atoms with Gasteiger partial charge in [0.05, 0.1) is 24.5 Å². The lowest BCUT2D eigenvalue weighted by molar-refractivity contribution is -0.0228. The monoisotopic (exact) mass is 361 g/mol. The molecule has 1 atom stereocenters. The Labute approximate surface area is 159 Å². The summed E-state index contributed by atoms with van der Waals surface area (Å²) in [6, 6.07) is 19.8. The largest absolute Gasteiger partial charge is 0.370 e. The van der Waals surface area contributed by atoms with Crippen molar-refractivity contribution in [3.63, 3.8) is 0 Å². The molecule has 3 aromatic rings. The van der Waals surface area contributed by atoms with Crippen LogP contribution in [0.5, 0.6) is 0 Å². The molecule has 0 radical (unpaired) electrons. The normalized spacial score (nSPS) is 17.1. The first-order chi connectivity index (χ1) is 13.1. The molecule has 1 aliphatic rings. The van der Waals surface area contributed by atoms with E-state index >= 15 is 0 Å². The van der Waals surface area contributed by atoms with Gasteiger partial charge in [-0.2, -0.15) is 5.10 Å². The molecule has 138 valence electrons. The smallest absolute Gasteiger partial charge is 0.254 e. The number of amides is 1. The van der Waals surface area contributed by atoms with Gasteiger partial charge in [-0.25, -0.2) is 4.68 Å². The molecule has 1 aliphatic heterocycles. The average molecular weight is 361 g/mol. The summed E-state index contributed by atoms with van der Waals surface area (Å²) in [5.74, 6) is 0.0302. The number of nitrogens with zero attached hydrogens (tertiary/aromatic N) is 3. The van der Waals surface area contributed by atoms with Gasteiger partial charge in [0.25, 0.3) is 5.91 Å². The number of aryl methyl sites for hydroxylation is 2. The number of morpholine rings is 1. The minimum atomic E-state index is -0.0805. The minimum absolute atomic E-state index is 0.0302. The number of carbonyl (C=O) groups is 1. The standard InChI is InChI=1S/C22H23N3O2/c1-16-13-17(2)25(23-16)20-10-6-9-19(14-20)22(26)24-11-12-27-21(15-24)18-7-4-3-5-8-18/h3-10,13-14,21H,11-12,15H2,1-2H3/t21-/m1/s1. The fourth-order valence-electron chi connectivity index (χ4n) is 3.55. The predicted octanol–water partition coefficient (Wildman–Crippen LogP) is 3.70. The fraction of sp³-hybridized carbons (Fsp3) is 0.273. The van der Waals surface area contributed by atoms with Crippen LogP contribution in [0.25, 0.3) is 5.69 Å². The molecule has 2 heterocycles. The molecule has 5 nitrogen and oxygen atoms in total. The highest BCUT2D eigenvalue weighted by atomic mass is 16.5. The third-order valence-electron chi connectivity index (χ3n) is 4.87. The van der Waals surface area contributed by atoms with Crippen LogP contribution >= 0.6 is 0 Å². The molecular formula is C22H23N3O2. The average Bonchev–Trinajstić information content (AvgIpc) is 3.06. The molecule has 0 saturated carbocycles. The van der Waals surface area contributed by atoms with Crippen LogP contribution in [0.4, 0.5) is 0 Å². The summed E-state index contributed by atoms with van der Waals surface area (Å²) in [5, 5.41) is 4.52. The van der Waals surface area contributed by atoms with Crippen molar-refractivity contribution in [2.45, 2.75) is 20.0 Å². The molecule has 27 heavy (non-hydrogen) atoms. The summed E-state index contributed by atoms with van der Waals surface area (Å²) in [6.07, 6.45) is -0.0805. The van der Waals surface area contributed by atoms with Crippen LogP contribution in [-0.4, -0.2) is 40.3 Å². The summed E-state index contributed by atoms with van der Waals surface area (Å²) in [4.78, 5) is 15.0. The maximum absolute atomic E-state index is 13.1. The van der Waals surface area contributed by atoms with Gasteiger partial charge in [0.2, 0.25) is 0 Å². The van der Waals surface area contributed by atoms with Gasteiger partial charge >= 0.3 is 0 Å². The first kappa shape index (κ1) is 17.5. The zero-order valence-corrected chi connectivity index (χ0v) is 15.6. The van der Waals surface area contributed by atoms with Crippen molar-refractivity contribution < 1.29 is 9.53 Å². The summed E-state index contributed by atoms with van der Waals surface area (Å²) >= 11 is 0. The van der Waals surface area contributed by atoms with Gasteiger partial charge in [-0.05, 0) is 43.7 Å². The van der Waals surface area contributed by atoms with Crippen LogP contribution in [-0.2, 0) is 4.74 Å². The van der Waals surface area contributed by atoms with Crippen LogP contribution in [0.3, 0.4) is 0 Å². The molecule has 0 bridgehead atoms. The Balaban J connectivity index is 1.56. The van der Waals surface area contributed by atoms with E-state index in [4.69, 9.17) is 4.74 Å². The maximum Gasteiger partial charge on any atom is 0.254 e. The lowest BCUT2D eigenvalue weighted by Crippen LogP contribution is -2.42. The van der Waals surface area contributed by atoms with Crippen molar-refractivity contribution in [3.8, 4) is 5.69 Å². The molecule has 5 heteroatoms. The molecule has 1 aromatic heterocycles. The molecule has 1 amide bonds. The number of benzene rings is 2. The second-order valence-corrected chi connectivity index (χ2v) is 6.91. The summed E-state index contributed by atoms with van der Waals surface area (Å²) in [5.41, 5.74) is 4.69. The van der Waals surface area contributed by atoms with E-state index in [1.54, 1.807) is 0 Å². The van der Waals surface area contributed by atoms with E-state index in [1.807, 2.05) is 84.1 Å². The Morgan fingerprint density at radius 2 is 1.89 bits per heavy atom. The molecule has 1 saturated heterocycles. The summed E-state index contributed by atoms with van der Waals surface area (Å²) < 4.78 is 7.76. The van der Waals surface area contributed by atoms with Gasteiger partial charge in [0.15, 0.2) is 0 Å². The first-order valence-electron chi connectivity index (χ1n) is 9.21. The van der Waals surface area contributed by atoms with Crippen molar-refractivity contribution in [2.75, 3.05) is 19.7 Å². The minimum Gasteiger partial charge on any atom is -0.370 e. The molecular weight excluding hydrogens is 338 g/mol. The lowest BCUT2D eigenvalue weighted by Gasteiger charge is -2.33. The molecule has 1 fully saturated rings. The van der Waals surface area contributed by atoms with Crippen LogP contribution < -0.4 is 0 Å². The zero-order chi connectivity index (χ0) is 18.8. The van der Waals surface area contributed by atoms with E-state index in [9.17, 15) is 4.79 Å². The Hall–Kier alpha value is -2.92. The SMILES string of the molecule is Cc1cc(C)n(-c2cccc(C(=O)N3CCO[C@@H](c4ccccc4)C3)c2)n1. The molecule has 2 aromatic carbocycles. The first-order valence-corrected chi connectivity index (χ1v) is 9.21. The van der Waals surface area contributed by atoms with Crippen LogP contribution in [0.1, 0.15) is 33.4 Å². The molecule has 4 rings (SSSR count). The maximum atomic E-state index is 13.1. The Morgan fingerprint density at radius 3 is 2.63 bits per heavy atom. The summed E-state index contributed by atoms with van der Waals surface area (Å²) in [6.45, 7) is 5.69. The number of carbonyl (C=O) groups excluding carboxylic acids is 1. The number of aromatic nitrogens is 2. The van der Waals surface area contributed by atoms with Crippen molar-refractivity contribution >= 4 is 5.91 Å². The number of hydrogen-bond donors (Lipinski definition) is 0. The van der Waals surface area contributed by atoms with E-state index in [0.29, 0.717) is 25.3 Å². The third-order valence-corrected chi connectivity index (χ3v) is 4.87. The van der Waals surface area contributed by atoms with E-state index in [1.165, 1.54) is 0 Å². The number of ether oxygens (including phenoxy) is 1. The highest BCUT2D eigenvalue weighted by Gasteiger charge is 2.26. The second-order valence-electron chi connectivity index (χ2n) is 6.91. The van der Waals surface area contributed by atoms with Gasteiger partial charge < -0.3 is 9.64 Å². The second kappa shape index (κ2) is 7.37. The Bertz CT molecular complexity index is 949. The van der Waals surface area contributed by atoms with E-state index in [2.05, 4.69) is 5.10 Å². The highest BCUT2D eigenvalue weighted by molar-refractivity contribution is 5.94. The van der Waals surface area contributed by atoms with E-state index in [-0.39, 0.29) is 12.0 Å². The molecule has 0 unspecified atom stereocenters. The van der Waals surface area contributed by atoms with Crippen molar-refractivity contribution in [1.82, 2.24) is 14.7 Å². The van der Waals surface area contributed by atoms with E-state index < -0.39 is 0 Å². The van der Waals surface area contributed by atoms with Crippen LogP contribution in [0, 0.1) is 13.8 Å².